The number of para-hydroxylation sites is 1. The summed E-state index contributed by atoms with van der Waals surface area (Å²) in [5, 5.41) is 3.03. The highest BCUT2D eigenvalue weighted by atomic mass is 16.5. The standard InChI is InChI=1S/C22H28N2O2/c1-5-14-26-19-12-10-18(11-13-19)15-24(4)16-22(25)23-21-9-7-6-8-20(21)17(2)3/h5-13,17H,1,14-16H2,2-4H3,(H,23,25). The molecule has 0 heterocycles. The van der Waals surface area contributed by atoms with Crippen molar-refractivity contribution in [2.45, 2.75) is 26.3 Å². The van der Waals surface area contributed by atoms with Gasteiger partial charge in [0.2, 0.25) is 5.91 Å². The van der Waals surface area contributed by atoms with E-state index in [-0.39, 0.29) is 5.91 Å². The third kappa shape index (κ3) is 6.05. The molecule has 0 radical (unpaired) electrons. The van der Waals surface area contributed by atoms with Crippen LogP contribution in [0, 0.1) is 0 Å². The summed E-state index contributed by atoms with van der Waals surface area (Å²) in [5.41, 5.74) is 3.18. The van der Waals surface area contributed by atoms with Crippen LogP contribution in [0.3, 0.4) is 0 Å². The van der Waals surface area contributed by atoms with E-state index in [0.717, 1.165) is 22.6 Å². The average Bonchev–Trinajstić information content (AvgIpc) is 2.61. The highest BCUT2D eigenvalue weighted by Crippen LogP contribution is 2.23. The molecule has 0 atom stereocenters. The van der Waals surface area contributed by atoms with Gasteiger partial charge in [0.25, 0.3) is 0 Å². The molecule has 0 aliphatic rings. The molecule has 0 aliphatic carbocycles. The molecule has 0 fully saturated rings. The molecule has 4 heteroatoms. The zero-order valence-electron chi connectivity index (χ0n) is 15.9. The topological polar surface area (TPSA) is 41.6 Å². The molecule has 2 rings (SSSR count). The van der Waals surface area contributed by atoms with Crippen molar-refractivity contribution in [3.8, 4) is 5.75 Å². The summed E-state index contributed by atoms with van der Waals surface area (Å²) in [6.07, 6.45) is 1.72. The molecular formula is C22H28N2O2. The Balaban J connectivity index is 1.88. The van der Waals surface area contributed by atoms with Gasteiger partial charge in [0.1, 0.15) is 12.4 Å². The molecule has 0 saturated carbocycles. The summed E-state index contributed by atoms with van der Waals surface area (Å²) in [6, 6.07) is 15.9. The van der Waals surface area contributed by atoms with Crippen molar-refractivity contribution < 1.29 is 9.53 Å². The van der Waals surface area contributed by atoms with Crippen LogP contribution in [0.5, 0.6) is 5.75 Å². The number of nitrogens with zero attached hydrogens (tertiary/aromatic N) is 1. The maximum atomic E-state index is 12.4. The first kappa shape index (κ1) is 19.7. The Morgan fingerprint density at radius 1 is 1.19 bits per heavy atom. The minimum absolute atomic E-state index is 0.00784. The van der Waals surface area contributed by atoms with Crippen molar-refractivity contribution in [2.24, 2.45) is 0 Å². The molecule has 26 heavy (non-hydrogen) atoms. The van der Waals surface area contributed by atoms with Crippen LogP contribution in [0.25, 0.3) is 0 Å². The maximum absolute atomic E-state index is 12.4. The van der Waals surface area contributed by atoms with Gasteiger partial charge in [-0.3, -0.25) is 9.69 Å². The predicted molar refractivity (Wildman–Crippen MR) is 108 cm³/mol. The van der Waals surface area contributed by atoms with Crippen LogP contribution in [0.1, 0.15) is 30.9 Å². The van der Waals surface area contributed by atoms with Gasteiger partial charge in [-0.05, 0) is 42.3 Å². The van der Waals surface area contributed by atoms with Gasteiger partial charge in [0.05, 0.1) is 6.54 Å². The molecule has 2 aromatic rings. The first-order valence-electron chi connectivity index (χ1n) is 8.89. The van der Waals surface area contributed by atoms with Gasteiger partial charge in [-0.1, -0.05) is 56.8 Å². The monoisotopic (exact) mass is 352 g/mol. The van der Waals surface area contributed by atoms with Crippen LogP contribution >= 0.6 is 0 Å². The smallest absolute Gasteiger partial charge is 0.238 e. The molecule has 0 aliphatic heterocycles. The van der Waals surface area contributed by atoms with E-state index in [0.29, 0.717) is 25.6 Å². The molecule has 1 amide bonds. The number of carbonyl (C=O) groups excluding carboxylic acids is 1. The Bertz CT molecular complexity index is 723. The van der Waals surface area contributed by atoms with Gasteiger partial charge >= 0.3 is 0 Å². The fourth-order valence-corrected chi connectivity index (χ4v) is 2.76. The summed E-state index contributed by atoms with van der Waals surface area (Å²) < 4.78 is 5.48. The molecule has 1 N–H and O–H groups in total. The van der Waals surface area contributed by atoms with Gasteiger partial charge in [-0.15, -0.1) is 0 Å². The molecule has 138 valence electrons. The zero-order valence-corrected chi connectivity index (χ0v) is 15.9. The Labute approximate surface area is 156 Å². The van der Waals surface area contributed by atoms with Crippen LogP contribution in [-0.4, -0.2) is 31.0 Å². The van der Waals surface area contributed by atoms with Crippen LogP contribution < -0.4 is 10.1 Å². The number of benzene rings is 2. The highest BCUT2D eigenvalue weighted by Gasteiger charge is 2.11. The number of rotatable bonds is 9. The number of ether oxygens (including phenoxy) is 1. The van der Waals surface area contributed by atoms with Gasteiger partial charge < -0.3 is 10.1 Å². The second-order valence-electron chi connectivity index (χ2n) is 6.71. The number of carbonyl (C=O) groups is 1. The first-order chi connectivity index (χ1) is 12.5. The van der Waals surface area contributed by atoms with Crippen LogP contribution in [0.2, 0.25) is 0 Å². The normalized spacial score (nSPS) is 10.8. The molecule has 2 aromatic carbocycles. The van der Waals surface area contributed by atoms with Crippen molar-refractivity contribution in [3.63, 3.8) is 0 Å². The second kappa shape index (κ2) is 9.78. The molecule has 0 unspecified atom stereocenters. The molecule has 0 bridgehead atoms. The lowest BCUT2D eigenvalue weighted by Gasteiger charge is -2.18. The second-order valence-corrected chi connectivity index (χ2v) is 6.71. The van der Waals surface area contributed by atoms with Crippen molar-refractivity contribution in [3.05, 3.63) is 72.3 Å². The van der Waals surface area contributed by atoms with Crippen molar-refractivity contribution in [2.75, 3.05) is 25.5 Å². The number of hydrogen-bond acceptors (Lipinski definition) is 3. The van der Waals surface area contributed by atoms with Crippen LogP contribution in [0.4, 0.5) is 5.69 Å². The van der Waals surface area contributed by atoms with Crippen molar-refractivity contribution in [1.82, 2.24) is 4.90 Å². The lowest BCUT2D eigenvalue weighted by Crippen LogP contribution is -2.30. The quantitative estimate of drug-likeness (QED) is 0.678. The Morgan fingerprint density at radius 3 is 2.54 bits per heavy atom. The fourth-order valence-electron chi connectivity index (χ4n) is 2.76. The Kier molecular flexibility index (Phi) is 7.42. The van der Waals surface area contributed by atoms with E-state index in [2.05, 4.69) is 31.8 Å². The number of hydrogen-bond donors (Lipinski definition) is 1. The number of likely N-dealkylation sites (N-methyl/N-ethyl adjacent to an activating group) is 1. The fraction of sp³-hybridized carbons (Fsp3) is 0.318. The zero-order chi connectivity index (χ0) is 18.9. The maximum Gasteiger partial charge on any atom is 0.238 e. The van der Waals surface area contributed by atoms with Gasteiger partial charge in [0, 0.05) is 12.2 Å². The SMILES string of the molecule is C=CCOc1ccc(CN(C)CC(=O)Nc2ccccc2C(C)C)cc1. The Hall–Kier alpha value is -2.59. The molecule has 0 spiro atoms. The minimum Gasteiger partial charge on any atom is -0.490 e. The molecule has 0 aromatic heterocycles. The number of nitrogens with one attached hydrogen (secondary N) is 1. The molecule has 0 saturated heterocycles. The average molecular weight is 352 g/mol. The third-order valence-corrected chi connectivity index (χ3v) is 4.01. The summed E-state index contributed by atoms with van der Waals surface area (Å²) in [6.45, 7) is 9.41. The lowest BCUT2D eigenvalue weighted by atomic mass is 10.0. The van der Waals surface area contributed by atoms with Gasteiger partial charge in [0.15, 0.2) is 0 Å². The van der Waals surface area contributed by atoms with Gasteiger partial charge in [-0.25, -0.2) is 0 Å². The predicted octanol–water partition coefficient (Wildman–Crippen LogP) is 4.45. The van der Waals surface area contributed by atoms with E-state index in [1.54, 1.807) is 6.08 Å². The summed E-state index contributed by atoms with van der Waals surface area (Å²) in [7, 11) is 1.94. The summed E-state index contributed by atoms with van der Waals surface area (Å²) >= 11 is 0. The highest BCUT2D eigenvalue weighted by molar-refractivity contribution is 5.93. The summed E-state index contributed by atoms with van der Waals surface area (Å²) in [5.74, 6) is 1.18. The molecule has 4 nitrogen and oxygen atoms in total. The van der Waals surface area contributed by atoms with Crippen molar-refractivity contribution in [1.29, 1.82) is 0 Å². The molecular weight excluding hydrogens is 324 g/mol. The van der Waals surface area contributed by atoms with Crippen LogP contribution in [0.15, 0.2) is 61.2 Å². The number of anilines is 1. The van der Waals surface area contributed by atoms with Crippen LogP contribution in [-0.2, 0) is 11.3 Å². The van der Waals surface area contributed by atoms with E-state index in [9.17, 15) is 4.79 Å². The number of amides is 1. The largest absolute Gasteiger partial charge is 0.490 e. The van der Waals surface area contributed by atoms with E-state index in [1.807, 2.05) is 54.4 Å². The Morgan fingerprint density at radius 2 is 1.88 bits per heavy atom. The lowest BCUT2D eigenvalue weighted by molar-refractivity contribution is -0.117. The third-order valence-electron chi connectivity index (χ3n) is 4.01. The minimum atomic E-state index is -0.00784. The van der Waals surface area contributed by atoms with E-state index >= 15 is 0 Å². The first-order valence-corrected chi connectivity index (χ1v) is 8.89. The van der Waals surface area contributed by atoms with E-state index < -0.39 is 0 Å². The van der Waals surface area contributed by atoms with Gasteiger partial charge in [-0.2, -0.15) is 0 Å². The van der Waals surface area contributed by atoms with E-state index in [4.69, 9.17) is 4.74 Å². The van der Waals surface area contributed by atoms with Crippen molar-refractivity contribution >= 4 is 11.6 Å². The van der Waals surface area contributed by atoms with E-state index in [1.165, 1.54) is 0 Å². The summed E-state index contributed by atoms with van der Waals surface area (Å²) in [4.78, 5) is 14.4.